The maximum Gasteiger partial charge on any atom is 0.128 e. The van der Waals surface area contributed by atoms with Crippen LogP contribution >= 0.6 is 0 Å². The van der Waals surface area contributed by atoms with Gasteiger partial charge >= 0.3 is 0 Å². The Morgan fingerprint density at radius 3 is 2.70 bits per heavy atom. The minimum atomic E-state index is 0.429. The molecule has 0 spiro atoms. The van der Waals surface area contributed by atoms with Gasteiger partial charge in [-0.1, -0.05) is 6.07 Å². The van der Waals surface area contributed by atoms with Crippen LogP contribution in [0.5, 0.6) is 0 Å². The summed E-state index contributed by atoms with van der Waals surface area (Å²) in [4.78, 5) is 9.17. The molecule has 1 saturated heterocycles. The van der Waals surface area contributed by atoms with Crippen LogP contribution in [0.1, 0.15) is 25.0 Å². The maximum atomic E-state index is 5.97. The van der Waals surface area contributed by atoms with Gasteiger partial charge in [-0.05, 0) is 59.0 Å². The van der Waals surface area contributed by atoms with Gasteiger partial charge in [0.05, 0.1) is 6.10 Å². The first kappa shape index (κ1) is 15.3. The van der Waals surface area contributed by atoms with E-state index in [9.17, 15) is 0 Å². The van der Waals surface area contributed by atoms with Crippen molar-refractivity contribution in [3.05, 3.63) is 23.9 Å². The summed E-state index contributed by atoms with van der Waals surface area (Å²) in [7, 11) is 4.21. The molecule has 1 aromatic rings. The van der Waals surface area contributed by atoms with Crippen LogP contribution < -0.4 is 4.90 Å². The van der Waals surface area contributed by atoms with Gasteiger partial charge in [0, 0.05) is 25.4 Å². The molecule has 0 saturated carbocycles. The molecule has 0 bridgehead atoms. The molecule has 0 unspecified atom stereocenters. The molecule has 1 aliphatic heterocycles. The molecule has 2 heterocycles. The predicted octanol–water partition coefficient (Wildman–Crippen LogP) is 2.33. The Morgan fingerprint density at radius 1 is 1.30 bits per heavy atom. The second kappa shape index (κ2) is 7.60. The van der Waals surface area contributed by atoms with Crippen molar-refractivity contribution in [3.8, 4) is 0 Å². The third-order valence-electron chi connectivity index (χ3n) is 3.74. The van der Waals surface area contributed by atoms with E-state index in [0.29, 0.717) is 6.10 Å². The average Bonchev–Trinajstić information content (AvgIpc) is 2.44. The average molecular weight is 277 g/mol. The molecule has 0 aliphatic carbocycles. The Morgan fingerprint density at radius 2 is 2.05 bits per heavy atom. The minimum Gasteiger partial charge on any atom is -0.378 e. The summed E-state index contributed by atoms with van der Waals surface area (Å²) in [6.07, 6.45) is 3.76. The Bertz CT molecular complexity index is 400. The molecule has 1 aliphatic rings. The van der Waals surface area contributed by atoms with E-state index in [1.807, 2.05) is 13.0 Å². The lowest BCUT2D eigenvalue weighted by Gasteiger charge is -2.33. The summed E-state index contributed by atoms with van der Waals surface area (Å²) in [6.45, 7) is 6.13. The van der Waals surface area contributed by atoms with Gasteiger partial charge in [-0.25, -0.2) is 4.98 Å². The van der Waals surface area contributed by atoms with Crippen molar-refractivity contribution in [2.75, 3.05) is 45.2 Å². The Hall–Kier alpha value is -1.13. The first-order chi connectivity index (χ1) is 9.65. The maximum absolute atomic E-state index is 5.97. The van der Waals surface area contributed by atoms with Gasteiger partial charge in [0.25, 0.3) is 0 Å². The van der Waals surface area contributed by atoms with Crippen LogP contribution in [-0.2, 0) is 4.74 Å². The topological polar surface area (TPSA) is 28.6 Å². The van der Waals surface area contributed by atoms with Crippen molar-refractivity contribution >= 4 is 5.82 Å². The largest absolute Gasteiger partial charge is 0.378 e. The van der Waals surface area contributed by atoms with Crippen LogP contribution in [-0.4, -0.2) is 56.3 Å². The van der Waals surface area contributed by atoms with Crippen molar-refractivity contribution in [3.63, 3.8) is 0 Å². The summed E-state index contributed by atoms with van der Waals surface area (Å²) in [5.41, 5.74) is 1.09. The first-order valence-corrected chi connectivity index (χ1v) is 7.60. The lowest BCUT2D eigenvalue weighted by atomic mass is 10.1. The van der Waals surface area contributed by atoms with Crippen molar-refractivity contribution < 1.29 is 4.74 Å². The molecule has 0 radical (unpaired) electrons. The van der Waals surface area contributed by atoms with Crippen LogP contribution in [0.2, 0.25) is 0 Å². The second-order valence-corrected chi connectivity index (χ2v) is 5.85. The zero-order valence-corrected chi connectivity index (χ0v) is 13.0. The SMILES string of the molecule is Cc1cccc(N2CCC(OCCCN(C)C)CC2)n1. The smallest absolute Gasteiger partial charge is 0.128 e. The highest BCUT2D eigenvalue weighted by atomic mass is 16.5. The minimum absolute atomic E-state index is 0.429. The van der Waals surface area contributed by atoms with E-state index in [1.54, 1.807) is 0 Å². The number of pyridine rings is 1. The van der Waals surface area contributed by atoms with Crippen LogP contribution in [0.3, 0.4) is 0 Å². The number of hydrogen-bond acceptors (Lipinski definition) is 4. The van der Waals surface area contributed by atoms with E-state index >= 15 is 0 Å². The lowest BCUT2D eigenvalue weighted by Crippen LogP contribution is -2.37. The number of anilines is 1. The molecule has 1 aromatic heterocycles. The van der Waals surface area contributed by atoms with Gasteiger partial charge in [-0.15, -0.1) is 0 Å². The van der Waals surface area contributed by atoms with Gasteiger partial charge in [0.1, 0.15) is 5.82 Å². The molecule has 4 nitrogen and oxygen atoms in total. The van der Waals surface area contributed by atoms with Gasteiger partial charge in [0.15, 0.2) is 0 Å². The van der Waals surface area contributed by atoms with Crippen molar-refractivity contribution in [1.82, 2.24) is 9.88 Å². The highest BCUT2D eigenvalue weighted by molar-refractivity contribution is 5.39. The van der Waals surface area contributed by atoms with Crippen molar-refractivity contribution in [1.29, 1.82) is 0 Å². The fraction of sp³-hybridized carbons (Fsp3) is 0.688. The Balaban J connectivity index is 1.70. The molecule has 20 heavy (non-hydrogen) atoms. The first-order valence-electron chi connectivity index (χ1n) is 7.60. The normalized spacial score (nSPS) is 16.9. The predicted molar refractivity (Wildman–Crippen MR) is 83.3 cm³/mol. The highest BCUT2D eigenvalue weighted by Gasteiger charge is 2.20. The van der Waals surface area contributed by atoms with Crippen LogP contribution in [0.15, 0.2) is 18.2 Å². The number of aryl methyl sites for hydroxylation is 1. The van der Waals surface area contributed by atoms with Gasteiger partial charge in [-0.3, -0.25) is 0 Å². The van der Waals surface area contributed by atoms with Crippen molar-refractivity contribution in [2.45, 2.75) is 32.3 Å². The van der Waals surface area contributed by atoms with E-state index < -0.39 is 0 Å². The third kappa shape index (κ3) is 4.76. The summed E-state index contributed by atoms with van der Waals surface area (Å²) in [5, 5.41) is 0. The fourth-order valence-corrected chi connectivity index (χ4v) is 2.59. The number of piperidine rings is 1. The van der Waals surface area contributed by atoms with Crippen LogP contribution in [0.25, 0.3) is 0 Å². The summed E-state index contributed by atoms with van der Waals surface area (Å²) in [6, 6.07) is 6.23. The van der Waals surface area contributed by atoms with E-state index in [-0.39, 0.29) is 0 Å². The second-order valence-electron chi connectivity index (χ2n) is 5.85. The van der Waals surface area contributed by atoms with E-state index in [2.05, 4.69) is 41.0 Å². The van der Waals surface area contributed by atoms with E-state index in [1.165, 1.54) is 0 Å². The monoisotopic (exact) mass is 277 g/mol. The van der Waals surface area contributed by atoms with Gasteiger partial charge in [-0.2, -0.15) is 0 Å². The number of hydrogen-bond donors (Lipinski definition) is 0. The molecule has 0 aromatic carbocycles. The zero-order valence-electron chi connectivity index (χ0n) is 13.0. The Kier molecular flexibility index (Phi) is 5.80. The number of nitrogens with zero attached hydrogens (tertiary/aromatic N) is 3. The highest BCUT2D eigenvalue weighted by Crippen LogP contribution is 2.19. The third-order valence-corrected chi connectivity index (χ3v) is 3.74. The van der Waals surface area contributed by atoms with Crippen LogP contribution in [0, 0.1) is 6.92 Å². The fourth-order valence-electron chi connectivity index (χ4n) is 2.59. The molecule has 4 heteroatoms. The van der Waals surface area contributed by atoms with E-state index in [4.69, 9.17) is 4.74 Å². The molecule has 2 rings (SSSR count). The molecule has 0 N–H and O–H groups in total. The van der Waals surface area contributed by atoms with E-state index in [0.717, 1.165) is 57.0 Å². The summed E-state index contributed by atoms with van der Waals surface area (Å²) < 4.78 is 5.97. The number of ether oxygens (including phenoxy) is 1. The molecule has 0 atom stereocenters. The standard InChI is InChI=1S/C16H27N3O/c1-14-6-4-7-16(17-14)19-11-8-15(9-12-19)20-13-5-10-18(2)3/h4,6-7,15H,5,8-13H2,1-3H3. The summed E-state index contributed by atoms with van der Waals surface area (Å²) in [5.74, 6) is 1.11. The molecular formula is C16H27N3O. The van der Waals surface area contributed by atoms with Crippen LogP contribution in [0.4, 0.5) is 5.82 Å². The van der Waals surface area contributed by atoms with Gasteiger partial charge in [0.2, 0.25) is 0 Å². The molecular weight excluding hydrogens is 250 g/mol. The van der Waals surface area contributed by atoms with Gasteiger partial charge < -0.3 is 14.5 Å². The zero-order chi connectivity index (χ0) is 14.4. The number of rotatable bonds is 6. The molecule has 112 valence electrons. The molecule has 0 amide bonds. The Labute approximate surface area is 122 Å². The summed E-state index contributed by atoms with van der Waals surface area (Å²) >= 11 is 0. The quantitative estimate of drug-likeness (QED) is 0.746. The molecule has 1 fully saturated rings. The lowest BCUT2D eigenvalue weighted by molar-refractivity contribution is 0.0332. The van der Waals surface area contributed by atoms with Crippen molar-refractivity contribution in [2.24, 2.45) is 0 Å². The number of aromatic nitrogens is 1.